The molecule has 2 N–H and O–H groups in total. The maximum Gasteiger partial charge on any atom is 0.255 e. The number of nitriles is 1. The number of carbonyl (C=O) groups is 4. The first kappa shape index (κ1) is 22.2. The van der Waals surface area contributed by atoms with Gasteiger partial charge in [-0.2, -0.15) is 5.26 Å². The number of fused-ring (bicyclic) bond motifs is 1. The van der Waals surface area contributed by atoms with E-state index in [0.717, 1.165) is 30.4 Å². The number of hydrogen-bond acceptors (Lipinski definition) is 5. The SMILES string of the molecule is N#Cc1ccc(C2=CC3(C2)CC(NC(=O)c2ccc4c(c2)CN(C2CCC(=O)NC2=O)C4=O)C3)cc1. The largest absolute Gasteiger partial charge is 0.349 e. The molecule has 8 heteroatoms. The van der Waals surface area contributed by atoms with Crippen molar-refractivity contribution < 1.29 is 19.2 Å². The first-order chi connectivity index (χ1) is 17.3. The standard InChI is InChI=1S/C28H24N4O4/c29-14-16-1-3-17(4-2-16)20-10-28(11-20)12-21(13-28)30-25(34)18-5-6-22-19(9-18)15-32(27(22)36)23-7-8-24(33)31-26(23)35/h1-6,9-10,21,23H,7-8,11-13,15H2,(H,30,34)(H,31,33,35). The predicted molar refractivity (Wildman–Crippen MR) is 129 cm³/mol. The summed E-state index contributed by atoms with van der Waals surface area (Å²) in [6.45, 7) is 0.247. The minimum atomic E-state index is -0.671. The Labute approximate surface area is 208 Å². The van der Waals surface area contributed by atoms with Crippen molar-refractivity contribution in [3.8, 4) is 6.07 Å². The van der Waals surface area contributed by atoms with Crippen molar-refractivity contribution in [3.05, 3.63) is 76.4 Å². The Hall–Kier alpha value is -4.25. The van der Waals surface area contributed by atoms with Crippen LogP contribution in [0.3, 0.4) is 0 Å². The molecule has 2 aliphatic carbocycles. The molecule has 8 nitrogen and oxygen atoms in total. The van der Waals surface area contributed by atoms with Gasteiger partial charge in [0.25, 0.3) is 11.8 Å². The molecule has 1 saturated carbocycles. The highest BCUT2D eigenvalue weighted by Crippen LogP contribution is 2.56. The molecule has 1 spiro atoms. The van der Waals surface area contributed by atoms with E-state index in [4.69, 9.17) is 5.26 Å². The van der Waals surface area contributed by atoms with Crippen molar-refractivity contribution in [3.63, 3.8) is 0 Å². The van der Waals surface area contributed by atoms with E-state index in [1.54, 1.807) is 18.2 Å². The van der Waals surface area contributed by atoms with Crippen LogP contribution >= 0.6 is 0 Å². The average molecular weight is 481 g/mol. The summed E-state index contributed by atoms with van der Waals surface area (Å²) in [5.74, 6) is -1.18. The lowest BCUT2D eigenvalue weighted by Crippen LogP contribution is -2.52. The van der Waals surface area contributed by atoms with Gasteiger partial charge >= 0.3 is 0 Å². The van der Waals surface area contributed by atoms with E-state index in [2.05, 4.69) is 22.8 Å². The summed E-state index contributed by atoms with van der Waals surface area (Å²) in [4.78, 5) is 50.9. The summed E-state index contributed by atoms with van der Waals surface area (Å²) in [5, 5.41) is 14.4. The summed E-state index contributed by atoms with van der Waals surface area (Å²) >= 11 is 0. The second-order valence-corrected chi connectivity index (χ2v) is 10.2. The summed E-state index contributed by atoms with van der Waals surface area (Å²) < 4.78 is 0. The minimum absolute atomic E-state index is 0.103. The van der Waals surface area contributed by atoms with Crippen LogP contribution in [0.25, 0.3) is 5.57 Å². The van der Waals surface area contributed by atoms with E-state index >= 15 is 0 Å². The van der Waals surface area contributed by atoms with Crippen LogP contribution in [0.4, 0.5) is 0 Å². The fourth-order valence-corrected chi connectivity index (χ4v) is 5.93. The normalized spacial score (nSPS) is 26.4. The van der Waals surface area contributed by atoms with Crippen molar-refractivity contribution in [1.29, 1.82) is 5.26 Å². The van der Waals surface area contributed by atoms with Crippen LogP contribution in [0.5, 0.6) is 0 Å². The number of amides is 4. The predicted octanol–water partition coefficient (Wildman–Crippen LogP) is 2.69. The molecule has 2 heterocycles. The molecular weight excluding hydrogens is 456 g/mol. The van der Waals surface area contributed by atoms with Crippen LogP contribution in [0, 0.1) is 16.7 Å². The number of allylic oxidation sites excluding steroid dienone is 2. The zero-order valence-corrected chi connectivity index (χ0v) is 19.5. The van der Waals surface area contributed by atoms with E-state index in [0.29, 0.717) is 23.1 Å². The fraction of sp³-hybridized carbons (Fsp3) is 0.321. The van der Waals surface area contributed by atoms with Gasteiger partial charge < -0.3 is 10.2 Å². The van der Waals surface area contributed by atoms with Gasteiger partial charge in [-0.05, 0) is 78.1 Å². The van der Waals surface area contributed by atoms with Gasteiger partial charge in [-0.3, -0.25) is 24.5 Å². The Bertz CT molecular complexity index is 1400. The number of carbonyl (C=O) groups excluding carboxylic acids is 4. The number of imide groups is 1. The molecule has 0 bridgehead atoms. The molecule has 6 rings (SSSR count). The van der Waals surface area contributed by atoms with E-state index in [1.165, 1.54) is 10.5 Å². The molecule has 0 aromatic heterocycles. The van der Waals surface area contributed by atoms with Gasteiger partial charge in [0.1, 0.15) is 6.04 Å². The van der Waals surface area contributed by atoms with Crippen LogP contribution < -0.4 is 10.6 Å². The monoisotopic (exact) mass is 480 g/mol. The number of piperidine rings is 1. The Morgan fingerprint density at radius 3 is 2.56 bits per heavy atom. The first-order valence-electron chi connectivity index (χ1n) is 12.1. The molecule has 2 aliphatic heterocycles. The van der Waals surface area contributed by atoms with Crippen molar-refractivity contribution >= 4 is 29.2 Å². The molecule has 2 aromatic carbocycles. The van der Waals surface area contributed by atoms with E-state index in [9.17, 15) is 19.2 Å². The van der Waals surface area contributed by atoms with Crippen molar-refractivity contribution in [1.82, 2.24) is 15.5 Å². The Morgan fingerprint density at radius 1 is 1.11 bits per heavy atom. The summed E-state index contributed by atoms with van der Waals surface area (Å²) in [5.41, 5.74) is 4.94. The maximum atomic E-state index is 12.9. The lowest BCUT2D eigenvalue weighted by molar-refractivity contribution is -0.136. The van der Waals surface area contributed by atoms with Gasteiger partial charge in [0.05, 0.1) is 11.6 Å². The maximum absolute atomic E-state index is 12.9. The van der Waals surface area contributed by atoms with Crippen LogP contribution in [0.1, 0.15) is 69.5 Å². The molecular formula is C28H24N4O4. The number of nitrogens with zero attached hydrogens (tertiary/aromatic N) is 2. The number of nitrogens with one attached hydrogen (secondary N) is 2. The smallest absolute Gasteiger partial charge is 0.255 e. The zero-order chi connectivity index (χ0) is 25.0. The van der Waals surface area contributed by atoms with Gasteiger partial charge in [0.2, 0.25) is 11.8 Å². The average Bonchev–Trinajstić information content (AvgIpc) is 3.15. The van der Waals surface area contributed by atoms with E-state index in [1.807, 2.05) is 24.3 Å². The topological polar surface area (TPSA) is 119 Å². The highest BCUT2D eigenvalue weighted by molar-refractivity contribution is 6.06. The molecule has 1 saturated heterocycles. The van der Waals surface area contributed by atoms with E-state index < -0.39 is 11.9 Å². The molecule has 180 valence electrons. The lowest BCUT2D eigenvalue weighted by Gasteiger charge is -2.52. The van der Waals surface area contributed by atoms with E-state index in [-0.39, 0.29) is 42.1 Å². The van der Waals surface area contributed by atoms with Crippen molar-refractivity contribution in [2.75, 3.05) is 0 Å². The van der Waals surface area contributed by atoms with Gasteiger partial charge in [0.15, 0.2) is 0 Å². The van der Waals surface area contributed by atoms with Crippen LogP contribution in [0.2, 0.25) is 0 Å². The van der Waals surface area contributed by atoms with Crippen molar-refractivity contribution in [2.45, 2.75) is 50.7 Å². The fourth-order valence-electron chi connectivity index (χ4n) is 5.93. The van der Waals surface area contributed by atoms with Crippen LogP contribution in [-0.4, -0.2) is 40.6 Å². The number of benzene rings is 2. The zero-order valence-electron chi connectivity index (χ0n) is 19.5. The van der Waals surface area contributed by atoms with Gasteiger partial charge in [0, 0.05) is 30.1 Å². The van der Waals surface area contributed by atoms with Crippen LogP contribution in [0.15, 0.2) is 48.5 Å². The first-order valence-corrected chi connectivity index (χ1v) is 12.1. The minimum Gasteiger partial charge on any atom is -0.349 e. The number of rotatable bonds is 4. The third-order valence-corrected chi connectivity index (χ3v) is 7.83. The second-order valence-electron chi connectivity index (χ2n) is 10.2. The van der Waals surface area contributed by atoms with Crippen LogP contribution in [-0.2, 0) is 16.1 Å². The molecule has 36 heavy (non-hydrogen) atoms. The third kappa shape index (κ3) is 3.68. The Balaban J connectivity index is 1.06. The molecule has 4 aliphatic rings. The molecule has 1 atom stereocenters. The third-order valence-electron chi connectivity index (χ3n) is 7.83. The lowest BCUT2D eigenvalue weighted by atomic mass is 9.55. The summed E-state index contributed by atoms with van der Waals surface area (Å²) in [6.07, 6.45) is 5.57. The quantitative estimate of drug-likeness (QED) is 0.652. The summed E-state index contributed by atoms with van der Waals surface area (Å²) in [7, 11) is 0. The van der Waals surface area contributed by atoms with Gasteiger partial charge in [-0.15, -0.1) is 0 Å². The molecule has 0 radical (unpaired) electrons. The van der Waals surface area contributed by atoms with Crippen molar-refractivity contribution in [2.24, 2.45) is 5.41 Å². The molecule has 2 fully saturated rings. The van der Waals surface area contributed by atoms with Gasteiger partial charge in [-0.1, -0.05) is 18.2 Å². The second kappa shape index (κ2) is 8.16. The number of hydrogen-bond donors (Lipinski definition) is 2. The molecule has 4 amide bonds. The molecule has 2 aromatic rings. The Kier molecular flexibility index (Phi) is 5.04. The summed E-state index contributed by atoms with van der Waals surface area (Å²) in [6, 6.07) is 14.2. The highest BCUT2D eigenvalue weighted by atomic mass is 16.2. The molecule has 1 unspecified atom stereocenters. The highest BCUT2D eigenvalue weighted by Gasteiger charge is 2.48. The Morgan fingerprint density at radius 2 is 1.86 bits per heavy atom. The van der Waals surface area contributed by atoms with Gasteiger partial charge in [-0.25, -0.2) is 0 Å².